The van der Waals surface area contributed by atoms with E-state index in [-0.39, 0.29) is 42.7 Å². The van der Waals surface area contributed by atoms with E-state index in [0.717, 1.165) is 57.8 Å². The van der Waals surface area contributed by atoms with Crippen LogP contribution in [-0.4, -0.2) is 80.6 Å². The molecule has 0 fully saturated rings. The van der Waals surface area contributed by atoms with Crippen LogP contribution in [-0.2, 0) is 28.6 Å². The minimum atomic E-state index is -0.885. The fraction of sp³-hybridized carbons (Fsp3) is 0.717. The Hall–Kier alpha value is -3.23. The van der Waals surface area contributed by atoms with Crippen LogP contribution in [0, 0.1) is 0 Å². The second kappa shape index (κ2) is 43.4. The van der Waals surface area contributed by atoms with Gasteiger partial charge in [0.05, 0.1) is 34.4 Å². The van der Waals surface area contributed by atoms with E-state index >= 15 is 0 Å². The van der Waals surface area contributed by atoms with Crippen molar-refractivity contribution in [3.05, 3.63) is 72.9 Å². The molecular weight excluding hydrogens is 763 g/mol. The third-order valence-electron chi connectivity index (χ3n) is 10.6. The Labute approximate surface area is 374 Å². The molecule has 350 valence electrons. The molecule has 0 rings (SSSR count). The third-order valence-corrected chi connectivity index (χ3v) is 10.6. The van der Waals surface area contributed by atoms with E-state index in [9.17, 15) is 19.5 Å². The SMILES string of the molecule is CC/C=C/C/C=C/C/C=C/CCCCCCCCCCCCC(=O)OCC(COCCC(C(=O)O)[N+](C)(C)C)OC(=O)CCC/C=C/C/C=C/C/C=C/CCCCCCCC. The van der Waals surface area contributed by atoms with Gasteiger partial charge in [0.15, 0.2) is 12.1 Å². The fourth-order valence-corrected chi connectivity index (χ4v) is 6.83. The number of ether oxygens (including phenoxy) is 3. The topological polar surface area (TPSA) is 99.1 Å². The molecule has 61 heavy (non-hydrogen) atoms. The molecule has 8 heteroatoms. The first-order chi connectivity index (χ1) is 29.6. The zero-order valence-corrected chi connectivity index (χ0v) is 39.8. The van der Waals surface area contributed by atoms with Crippen LogP contribution in [0.4, 0.5) is 0 Å². The van der Waals surface area contributed by atoms with Gasteiger partial charge in [0.2, 0.25) is 0 Å². The number of carbonyl (C=O) groups excluding carboxylic acids is 2. The number of allylic oxidation sites excluding steroid dienone is 12. The van der Waals surface area contributed by atoms with E-state index < -0.39 is 18.1 Å². The summed E-state index contributed by atoms with van der Waals surface area (Å²) in [6.45, 7) is 4.56. The molecular formula is C53H92NO7+. The molecule has 0 aliphatic carbocycles. The summed E-state index contributed by atoms with van der Waals surface area (Å²) >= 11 is 0. The van der Waals surface area contributed by atoms with Gasteiger partial charge in [-0.25, -0.2) is 4.79 Å². The highest BCUT2D eigenvalue weighted by Crippen LogP contribution is 2.14. The highest BCUT2D eigenvalue weighted by Gasteiger charge is 2.31. The third kappa shape index (κ3) is 41.9. The summed E-state index contributed by atoms with van der Waals surface area (Å²) in [5.41, 5.74) is 0. The minimum absolute atomic E-state index is 0.0372. The number of hydrogen-bond acceptors (Lipinski definition) is 6. The number of nitrogens with zero attached hydrogens (tertiary/aromatic N) is 1. The minimum Gasteiger partial charge on any atom is -0.477 e. The molecule has 1 N–H and O–H groups in total. The van der Waals surface area contributed by atoms with E-state index in [1.165, 1.54) is 96.3 Å². The van der Waals surface area contributed by atoms with Crippen LogP contribution >= 0.6 is 0 Å². The quantitative estimate of drug-likeness (QED) is 0.0282. The van der Waals surface area contributed by atoms with E-state index in [4.69, 9.17) is 14.2 Å². The van der Waals surface area contributed by atoms with Crippen molar-refractivity contribution in [3.8, 4) is 0 Å². The van der Waals surface area contributed by atoms with Gasteiger partial charge in [-0.2, -0.15) is 0 Å². The zero-order valence-electron chi connectivity index (χ0n) is 39.8. The highest BCUT2D eigenvalue weighted by molar-refractivity contribution is 5.72. The second-order valence-corrected chi connectivity index (χ2v) is 17.3. The van der Waals surface area contributed by atoms with Gasteiger partial charge in [0.25, 0.3) is 0 Å². The van der Waals surface area contributed by atoms with E-state index in [2.05, 4.69) is 86.8 Å². The van der Waals surface area contributed by atoms with Crippen molar-refractivity contribution in [2.75, 3.05) is 41.0 Å². The molecule has 0 aromatic heterocycles. The van der Waals surface area contributed by atoms with Gasteiger partial charge in [-0.1, -0.05) is 170 Å². The summed E-state index contributed by atoms with van der Waals surface area (Å²) in [5, 5.41) is 9.64. The molecule has 0 saturated heterocycles. The van der Waals surface area contributed by atoms with Crippen molar-refractivity contribution in [1.82, 2.24) is 0 Å². The molecule has 0 aliphatic rings. The summed E-state index contributed by atoms with van der Waals surface area (Å²) < 4.78 is 17.3. The Bertz CT molecular complexity index is 1230. The van der Waals surface area contributed by atoms with Crippen molar-refractivity contribution >= 4 is 17.9 Å². The maximum absolute atomic E-state index is 12.7. The van der Waals surface area contributed by atoms with Gasteiger partial charge < -0.3 is 23.8 Å². The number of unbranched alkanes of at least 4 members (excludes halogenated alkanes) is 17. The smallest absolute Gasteiger partial charge is 0.362 e. The Morgan fingerprint density at radius 1 is 0.508 bits per heavy atom. The molecule has 2 unspecified atom stereocenters. The molecule has 0 aliphatic heterocycles. The molecule has 0 amide bonds. The first-order valence-corrected chi connectivity index (χ1v) is 24.5. The summed E-state index contributed by atoms with van der Waals surface area (Å²) in [6.07, 6.45) is 55.3. The van der Waals surface area contributed by atoms with Crippen molar-refractivity contribution in [1.29, 1.82) is 0 Å². The first kappa shape index (κ1) is 57.8. The number of aliphatic carboxylic acids is 1. The standard InChI is InChI=1S/C53H91NO7/c1-6-8-10-12-14-16-18-20-22-24-25-26-28-29-31-33-35-37-39-41-43-51(55)60-48-49(47-59-46-45-50(53(57)58)54(3,4)5)61-52(56)44-42-40-38-36-34-32-30-27-23-21-19-17-15-13-11-9-7-2/h8,10,14,16,20-23,30,32,36,38,49-50H,6-7,9,11-13,15,17-19,24-29,31,33-35,37,39-48H2,1-5H3/p+1/b10-8+,16-14+,22-20+,23-21+,32-30+,38-36+. The number of carbonyl (C=O) groups is 3. The van der Waals surface area contributed by atoms with Crippen LogP contribution in [0.1, 0.15) is 194 Å². The van der Waals surface area contributed by atoms with Crippen LogP contribution in [0.5, 0.6) is 0 Å². The number of likely N-dealkylation sites (N-methyl/N-ethyl adjacent to an activating group) is 1. The van der Waals surface area contributed by atoms with E-state index in [1.54, 1.807) is 0 Å². The van der Waals surface area contributed by atoms with Gasteiger partial charge >= 0.3 is 17.9 Å². The van der Waals surface area contributed by atoms with Crippen molar-refractivity contribution in [3.63, 3.8) is 0 Å². The molecule has 0 spiro atoms. The number of quaternary nitrogens is 1. The highest BCUT2D eigenvalue weighted by atomic mass is 16.6. The number of hydrogen-bond donors (Lipinski definition) is 1. The van der Waals surface area contributed by atoms with Gasteiger partial charge in [0, 0.05) is 19.3 Å². The Morgan fingerprint density at radius 3 is 1.41 bits per heavy atom. The van der Waals surface area contributed by atoms with Gasteiger partial charge in [-0.05, 0) is 77.0 Å². The lowest BCUT2D eigenvalue weighted by molar-refractivity contribution is -0.887. The molecule has 0 aromatic rings. The summed E-state index contributed by atoms with van der Waals surface area (Å²) in [5.74, 6) is -1.54. The number of carboxylic acids is 1. The van der Waals surface area contributed by atoms with Crippen LogP contribution in [0.3, 0.4) is 0 Å². The molecule has 0 bridgehead atoms. The van der Waals surface area contributed by atoms with Crippen LogP contribution < -0.4 is 0 Å². The maximum atomic E-state index is 12.7. The largest absolute Gasteiger partial charge is 0.477 e. The monoisotopic (exact) mass is 855 g/mol. The molecule has 8 nitrogen and oxygen atoms in total. The van der Waals surface area contributed by atoms with Gasteiger partial charge in [-0.3, -0.25) is 9.59 Å². The number of esters is 2. The summed E-state index contributed by atoms with van der Waals surface area (Å²) in [7, 11) is 5.51. The van der Waals surface area contributed by atoms with Gasteiger partial charge in [0.1, 0.15) is 6.61 Å². The lowest BCUT2D eigenvalue weighted by Crippen LogP contribution is -2.50. The van der Waals surface area contributed by atoms with Crippen molar-refractivity contribution in [2.45, 2.75) is 206 Å². The second-order valence-electron chi connectivity index (χ2n) is 17.3. The molecule has 2 atom stereocenters. The van der Waals surface area contributed by atoms with Crippen molar-refractivity contribution in [2.24, 2.45) is 0 Å². The van der Waals surface area contributed by atoms with E-state index in [1.807, 2.05) is 21.1 Å². The fourth-order valence-electron chi connectivity index (χ4n) is 6.83. The Balaban J connectivity index is 4.35. The molecule has 0 heterocycles. The lowest BCUT2D eigenvalue weighted by Gasteiger charge is -2.31. The van der Waals surface area contributed by atoms with Gasteiger partial charge in [-0.15, -0.1) is 0 Å². The van der Waals surface area contributed by atoms with Crippen molar-refractivity contribution < 1.29 is 38.2 Å². The Morgan fingerprint density at radius 2 is 0.934 bits per heavy atom. The normalized spacial score (nSPS) is 13.5. The van der Waals surface area contributed by atoms with Crippen LogP contribution in [0.2, 0.25) is 0 Å². The predicted octanol–water partition coefficient (Wildman–Crippen LogP) is 13.9. The number of rotatable bonds is 43. The zero-order chi connectivity index (χ0) is 44.9. The molecule has 0 aromatic carbocycles. The Kier molecular flexibility index (Phi) is 41.1. The average Bonchev–Trinajstić information content (AvgIpc) is 3.22. The lowest BCUT2D eigenvalue weighted by atomic mass is 10.1. The van der Waals surface area contributed by atoms with E-state index in [0.29, 0.717) is 19.3 Å². The maximum Gasteiger partial charge on any atom is 0.362 e. The molecule has 0 saturated carbocycles. The predicted molar refractivity (Wildman–Crippen MR) is 257 cm³/mol. The molecule has 0 radical (unpaired) electrons. The number of carboxylic acid groups (broad SMARTS) is 1. The summed E-state index contributed by atoms with van der Waals surface area (Å²) in [4.78, 5) is 37.1. The summed E-state index contributed by atoms with van der Waals surface area (Å²) in [6, 6.07) is -0.627. The average molecular weight is 855 g/mol. The first-order valence-electron chi connectivity index (χ1n) is 24.5. The van der Waals surface area contributed by atoms with Crippen LogP contribution in [0.15, 0.2) is 72.9 Å². The van der Waals surface area contributed by atoms with Crippen LogP contribution in [0.25, 0.3) is 0 Å².